The van der Waals surface area contributed by atoms with E-state index in [-0.39, 0.29) is 0 Å². The normalized spacial score (nSPS) is 9.79. The van der Waals surface area contributed by atoms with Crippen molar-refractivity contribution in [3.8, 4) is 0 Å². The zero-order valence-corrected chi connectivity index (χ0v) is 8.53. The first-order valence-corrected chi connectivity index (χ1v) is 5.06. The molecule has 0 aliphatic rings. The fraction of sp³-hybridized carbons (Fsp3) is 0.455. The van der Waals surface area contributed by atoms with Crippen LogP contribution < -0.4 is 10.8 Å². The summed E-state index contributed by atoms with van der Waals surface area (Å²) < 4.78 is 0. The summed E-state index contributed by atoms with van der Waals surface area (Å²) in [6.07, 6.45) is 3.59. The maximum atomic E-state index is 8.71. The molecule has 3 heteroatoms. The Balaban J connectivity index is 2.45. The zero-order valence-electron chi connectivity index (χ0n) is 8.53. The first-order chi connectivity index (χ1) is 6.88. The first-order valence-electron chi connectivity index (χ1n) is 5.06. The largest absolute Gasteiger partial charge is 0.383 e. The number of anilines is 1. The standard InChI is InChI=1S/C11H16N3/c1-2-3-6-9-13-10-7-4-5-8-11(10)14-12/h4-5,7-8,13H,2-3,6,9H2,1H3. The number of rotatable bonds is 6. The Hall–Kier alpha value is -1.38. The van der Waals surface area contributed by atoms with Gasteiger partial charge in [0.05, 0.1) is 5.69 Å². The van der Waals surface area contributed by atoms with E-state index in [4.69, 9.17) is 5.53 Å². The lowest BCUT2D eigenvalue weighted by atomic mass is 10.2. The van der Waals surface area contributed by atoms with E-state index >= 15 is 0 Å². The summed E-state index contributed by atoms with van der Waals surface area (Å²) in [7, 11) is 0. The van der Waals surface area contributed by atoms with Crippen molar-refractivity contribution in [2.75, 3.05) is 11.9 Å². The summed E-state index contributed by atoms with van der Waals surface area (Å²) in [5.41, 5.74) is 10.2. The summed E-state index contributed by atoms with van der Waals surface area (Å²) >= 11 is 0. The molecule has 0 heterocycles. The fourth-order valence-corrected chi connectivity index (χ4v) is 1.31. The molecule has 0 spiro atoms. The molecule has 0 unspecified atom stereocenters. The molecule has 3 nitrogen and oxygen atoms in total. The molecule has 75 valence electrons. The Labute approximate surface area is 85.0 Å². The van der Waals surface area contributed by atoms with Crippen molar-refractivity contribution in [2.24, 2.45) is 5.11 Å². The van der Waals surface area contributed by atoms with Gasteiger partial charge < -0.3 is 5.32 Å². The summed E-state index contributed by atoms with van der Waals surface area (Å²) in [5, 5.41) is 6.45. The van der Waals surface area contributed by atoms with E-state index < -0.39 is 0 Å². The number of nitrogens with zero attached hydrogens (tertiary/aromatic N) is 2. The third-order valence-corrected chi connectivity index (χ3v) is 2.11. The summed E-state index contributed by atoms with van der Waals surface area (Å²) in [6, 6.07) is 7.48. The minimum atomic E-state index is 0.601. The minimum absolute atomic E-state index is 0.601. The van der Waals surface area contributed by atoms with Crippen molar-refractivity contribution in [3.63, 3.8) is 0 Å². The second-order valence-corrected chi connectivity index (χ2v) is 3.25. The van der Waals surface area contributed by atoms with Gasteiger partial charge in [0, 0.05) is 6.54 Å². The Morgan fingerprint density at radius 1 is 1.29 bits per heavy atom. The van der Waals surface area contributed by atoms with Crippen LogP contribution in [0.25, 0.3) is 0 Å². The third-order valence-electron chi connectivity index (χ3n) is 2.11. The average Bonchev–Trinajstić information content (AvgIpc) is 2.25. The van der Waals surface area contributed by atoms with Crippen LogP contribution in [0.2, 0.25) is 0 Å². The molecule has 14 heavy (non-hydrogen) atoms. The quantitative estimate of drug-likeness (QED) is 0.543. The van der Waals surface area contributed by atoms with Crippen LogP contribution in [0, 0.1) is 0 Å². The zero-order chi connectivity index (χ0) is 10.2. The maximum Gasteiger partial charge on any atom is 0.111 e. The molecule has 0 aliphatic carbocycles. The molecule has 0 atom stereocenters. The van der Waals surface area contributed by atoms with E-state index in [1.54, 1.807) is 6.07 Å². The van der Waals surface area contributed by atoms with Crippen LogP contribution in [0.3, 0.4) is 0 Å². The van der Waals surface area contributed by atoms with Gasteiger partial charge >= 0.3 is 0 Å². The average molecular weight is 190 g/mol. The van der Waals surface area contributed by atoms with Crippen molar-refractivity contribution in [1.82, 2.24) is 5.53 Å². The Morgan fingerprint density at radius 2 is 2.07 bits per heavy atom. The van der Waals surface area contributed by atoms with E-state index in [1.165, 1.54) is 12.8 Å². The number of hydrogen-bond acceptors (Lipinski definition) is 2. The predicted molar refractivity (Wildman–Crippen MR) is 58.7 cm³/mol. The van der Waals surface area contributed by atoms with E-state index in [9.17, 15) is 0 Å². The maximum absolute atomic E-state index is 8.71. The molecule has 0 fully saturated rings. The van der Waals surface area contributed by atoms with Crippen molar-refractivity contribution in [1.29, 1.82) is 0 Å². The van der Waals surface area contributed by atoms with Gasteiger partial charge in [-0.05, 0) is 24.1 Å². The smallest absolute Gasteiger partial charge is 0.111 e. The van der Waals surface area contributed by atoms with Gasteiger partial charge in [-0.15, -0.1) is 5.11 Å². The SMILES string of the molecule is CCCCCNc1ccccc1N=[N]. The number of hydrogen-bond donors (Lipinski definition) is 1. The van der Waals surface area contributed by atoms with Gasteiger partial charge in [0.1, 0.15) is 5.69 Å². The van der Waals surface area contributed by atoms with Crippen LogP contribution in [0.1, 0.15) is 26.2 Å². The Kier molecular flexibility index (Phi) is 4.69. The van der Waals surface area contributed by atoms with E-state index in [0.717, 1.165) is 18.7 Å². The molecule has 1 radical (unpaired) electrons. The molecule has 0 saturated carbocycles. The van der Waals surface area contributed by atoms with E-state index in [2.05, 4.69) is 17.4 Å². The summed E-state index contributed by atoms with van der Waals surface area (Å²) in [5.74, 6) is 0. The molecule has 1 rings (SSSR count). The second-order valence-electron chi connectivity index (χ2n) is 3.25. The molecular weight excluding hydrogens is 174 g/mol. The number of nitrogens with one attached hydrogen (secondary N) is 1. The molecule has 1 aromatic carbocycles. The lowest BCUT2D eigenvalue weighted by molar-refractivity contribution is 0.744. The highest BCUT2D eigenvalue weighted by molar-refractivity contribution is 5.64. The van der Waals surface area contributed by atoms with Gasteiger partial charge in [0.2, 0.25) is 0 Å². The predicted octanol–water partition coefficient (Wildman–Crippen LogP) is 3.17. The molecule has 0 saturated heterocycles. The number of para-hydroxylation sites is 1. The Bertz CT molecular complexity index is 284. The fourth-order valence-electron chi connectivity index (χ4n) is 1.31. The first kappa shape index (κ1) is 10.7. The van der Waals surface area contributed by atoms with E-state index in [1.807, 2.05) is 18.2 Å². The topological polar surface area (TPSA) is 46.7 Å². The van der Waals surface area contributed by atoms with Crippen LogP contribution in [0.15, 0.2) is 29.4 Å². The Morgan fingerprint density at radius 3 is 2.79 bits per heavy atom. The van der Waals surface area contributed by atoms with Crippen molar-refractivity contribution in [3.05, 3.63) is 24.3 Å². The third kappa shape index (κ3) is 3.17. The van der Waals surface area contributed by atoms with Crippen molar-refractivity contribution < 1.29 is 0 Å². The highest BCUT2D eigenvalue weighted by atomic mass is 15.0. The molecule has 0 aliphatic heterocycles. The summed E-state index contributed by atoms with van der Waals surface area (Å²) in [4.78, 5) is 0. The molecule has 0 bridgehead atoms. The minimum Gasteiger partial charge on any atom is -0.383 e. The van der Waals surface area contributed by atoms with Crippen LogP contribution in [-0.2, 0) is 0 Å². The highest BCUT2D eigenvalue weighted by Gasteiger charge is 1.98. The van der Waals surface area contributed by atoms with Gasteiger partial charge in [-0.3, -0.25) is 0 Å². The second kappa shape index (κ2) is 6.13. The van der Waals surface area contributed by atoms with Crippen LogP contribution in [0.5, 0.6) is 0 Å². The van der Waals surface area contributed by atoms with Crippen LogP contribution >= 0.6 is 0 Å². The van der Waals surface area contributed by atoms with Gasteiger partial charge in [-0.1, -0.05) is 31.9 Å². The molecule has 0 aromatic heterocycles. The summed E-state index contributed by atoms with van der Waals surface area (Å²) in [6.45, 7) is 3.11. The van der Waals surface area contributed by atoms with E-state index in [0.29, 0.717) is 5.69 Å². The number of benzene rings is 1. The molecule has 1 N–H and O–H groups in total. The van der Waals surface area contributed by atoms with Crippen LogP contribution in [-0.4, -0.2) is 6.54 Å². The lowest BCUT2D eigenvalue weighted by Gasteiger charge is -2.07. The molecule has 1 aromatic rings. The van der Waals surface area contributed by atoms with Crippen molar-refractivity contribution in [2.45, 2.75) is 26.2 Å². The monoisotopic (exact) mass is 190 g/mol. The van der Waals surface area contributed by atoms with Gasteiger partial charge in [-0.25, -0.2) is 0 Å². The van der Waals surface area contributed by atoms with Gasteiger partial charge in [-0.2, -0.15) is 0 Å². The lowest BCUT2D eigenvalue weighted by Crippen LogP contribution is -2.01. The van der Waals surface area contributed by atoms with Crippen molar-refractivity contribution >= 4 is 11.4 Å². The molecular formula is C11H16N3. The van der Waals surface area contributed by atoms with Gasteiger partial charge in [0.25, 0.3) is 0 Å². The number of unbranched alkanes of at least 4 members (excludes halogenated alkanes) is 2. The van der Waals surface area contributed by atoms with Gasteiger partial charge in [0.15, 0.2) is 0 Å². The van der Waals surface area contributed by atoms with Crippen LogP contribution in [0.4, 0.5) is 11.4 Å². The molecule has 0 amide bonds. The highest BCUT2D eigenvalue weighted by Crippen LogP contribution is 2.23.